The summed E-state index contributed by atoms with van der Waals surface area (Å²) in [7, 11) is 1.34. The number of methoxy groups -OCH3 is 1. The Morgan fingerprint density at radius 2 is 2.00 bits per heavy atom. The van der Waals surface area contributed by atoms with Crippen molar-refractivity contribution in [3.63, 3.8) is 0 Å². The van der Waals surface area contributed by atoms with Gasteiger partial charge < -0.3 is 15.5 Å². The first-order chi connectivity index (χ1) is 8.34. The van der Waals surface area contributed by atoms with E-state index in [0.717, 1.165) is 10.9 Å². The summed E-state index contributed by atoms with van der Waals surface area (Å²) in [5.74, 6) is -0.444. The van der Waals surface area contributed by atoms with Crippen LogP contribution in [0.3, 0.4) is 0 Å². The zero-order chi connectivity index (χ0) is 13.5. The molecule has 1 heterocycles. The van der Waals surface area contributed by atoms with Crippen molar-refractivity contribution < 1.29 is 9.53 Å². The number of hydrogen-bond acceptors (Lipinski definition) is 3. The molecule has 0 spiro atoms. The third-order valence-corrected chi connectivity index (χ3v) is 3.09. The summed E-state index contributed by atoms with van der Waals surface area (Å²) in [6.45, 7) is 6.42. The highest BCUT2D eigenvalue weighted by Gasteiger charge is 2.19. The number of nitrogen functional groups attached to an aromatic ring is 1. The lowest BCUT2D eigenvalue weighted by Crippen LogP contribution is -2.10. The van der Waals surface area contributed by atoms with Crippen LogP contribution in [-0.2, 0) is 10.2 Å². The Bertz CT molecular complexity index is 606. The molecule has 3 N–H and O–H groups in total. The number of ether oxygens (including phenoxy) is 1. The van der Waals surface area contributed by atoms with Crippen LogP contribution >= 0.6 is 0 Å². The number of anilines is 1. The van der Waals surface area contributed by atoms with Crippen molar-refractivity contribution in [1.29, 1.82) is 0 Å². The van der Waals surface area contributed by atoms with Gasteiger partial charge in [0.25, 0.3) is 0 Å². The molecule has 96 valence electrons. The van der Waals surface area contributed by atoms with Crippen LogP contribution in [0.15, 0.2) is 18.2 Å². The second-order valence-electron chi connectivity index (χ2n) is 5.42. The van der Waals surface area contributed by atoms with Gasteiger partial charge in [0.05, 0.1) is 12.8 Å². The first kappa shape index (κ1) is 12.5. The van der Waals surface area contributed by atoms with Gasteiger partial charge in [-0.2, -0.15) is 0 Å². The van der Waals surface area contributed by atoms with Crippen molar-refractivity contribution in [1.82, 2.24) is 4.98 Å². The fraction of sp³-hybridized carbons (Fsp3) is 0.357. The number of nitrogens with one attached hydrogen (secondary N) is 1. The number of aromatic nitrogens is 1. The molecule has 2 aromatic rings. The molecule has 0 aliphatic rings. The summed E-state index contributed by atoms with van der Waals surface area (Å²) in [5.41, 5.74) is 8.81. The van der Waals surface area contributed by atoms with Crippen LogP contribution < -0.4 is 5.73 Å². The Balaban J connectivity index is 2.62. The van der Waals surface area contributed by atoms with E-state index in [1.807, 2.05) is 18.2 Å². The minimum Gasteiger partial charge on any atom is -0.464 e. The minimum atomic E-state index is -0.444. The number of carbonyl (C=O) groups excluding carboxylic acids is 1. The van der Waals surface area contributed by atoms with E-state index < -0.39 is 5.97 Å². The number of fused-ring (bicyclic) bond motifs is 1. The van der Waals surface area contributed by atoms with E-state index in [2.05, 4.69) is 25.8 Å². The molecule has 0 fully saturated rings. The summed E-state index contributed by atoms with van der Waals surface area (Å²) >= 11 is 0. The van der Waals surface area contributed by atoms with Crippen molar-refractivity contribution in [3.05, 3.63) is 29.5 Å². The predicted molar refractivity (Wildman–Crippen MR) is 72.8 cm³/mol. The van der Waals surface area contributed by atoms with Crippen molar-refractivity contribution in [2.75, 3.05) is 12.8 Å². The Hall–Kier alpha value is -1.97. The second-order valence-corrected chi connectivity index (χ2v) is 5.42. The van der Waals surface area contributed by atoms with Gasteiger partial charge in [-0.15, -0.1) is 0 Å². The Morgan fingerprint density at radius 3 is 2.56 bits per heavy atom. The van der Waals surface area contributed by atoms with Crippen LogP contribution in [0.1, 0.15) is 36.8 Å². The van der Waals surface area contributed by atoms with Crippen molar-refractivity contribution in [3.8, 4) is 0 Å². The van der Waals surface area contributed by atoms with E-state index in [1.165, 1.54) is 12.7 Å². The number of carbonyl (C=O) groups is 1. The number of nitrogens with two attached hydrogens (primary N) is 1. The van der Waals surface area contributed by atoms with E-state index in [0.29, 0.717) is 11.4 Å². The molecule has 0 atom stereocenters. The van der Waals surface area contributed by atoms with Crippen molar-refractivity contribution in [2.24, 2.45) is 0 Å². The standard InChI is InChI=1S/C14H18N2O2/c1-14(2,3)8-5-6-9-10(7-8)16-12(11(9)15)13(17)18-4/h5-7,16H,15H2,1-4H3. The quantitative estimate of drug-likeness (QED) is 0.760. The normalized spacial score (nSPS) is 11.8. The van der Waals surface area contributed by atoms with E-state index >= 15 is 0 Å². The van der Waals surface area contributed by atoms with Crippen molar-refractivity contribution >= 4 is 22.6 Å². The summed E-state index contributed by atoms with van der Waals surface area (Å²) in [6, 6.07) is 6.00. The third kappa shape index (κ3) is 1.94. The maximum absolute atomic E-state index is 11.6. The number of aromatic amines is 1. The monoisotopic (exact) mass is 246 g/mol. The molecule has 0 saturated heterocycles. The summed E-state index contributed by atoms with van der Waals surface area (Å²) in [6.07, 6.45) is 0. The van der Waals surface area contributed by atoms with Gasteiger partial charge in [0.15, 0.2) is 0 Å². The molecule has 0 aliphatic heterocycles. The van der Waals surface area contributed by atoms with Crippen LogP contribution in [-0.4, -0.2) is 18.1 Å². The molecule has 2 rings (SSSR count). The van der Waals surface area contributed by atoms with E-state index in [9.17, 15) is 4.79 Å². The zero-order valence-corrected chi connectivity index (χ0v) is 11.1. The molecule has 18 heavy (non-hydrogen) atoms. The van der Waals surface area contributed by atoms with Gasteiger partial charge in [-0.3, -0.25) is 0 Å². The highest BCUT2D eigenvalue weighted by Crippen LogP contribution is 2.30. The lowest BCUT2D eigenvalue weighted by atomic mass is 9.87. The van der Waals surface area contributed by atoms with Crippen LogP contribution in [0, 0.1) is 0 Å². The van der Waals surface area contributed by atoms with Gasteiger partial charge in [0.1, 0.15) is 5.69 Å². The fourth-order valence-corrected chi connectivity index (χ4v) is 1.95. The van der Waals surface area contributed by atoms with Gasteiger partial charge in [0, 0.05) is 10.9 Å². The molecule has 1 aromatic carbocycles. The maximum Gasteiger partial charge on any atom is 0.356 e. The molecule has 0 unspecified atom stereocenters. The largest absolute Gasteiger partial charge is 0.464 e. The van der Waals surface area contributed by atoms with Gasteiger partial charge >= 0.3 is 5.97 Å². The Labute approximate surface area is 106 Å². The average Bonchev–Trinajstić information content (AvgIpc) is 2.64. The summed E-state index contributed by atoms with van der Waals surface area (Å²) < 4.78 is 4.69. The SMILES string of the molecule is COC(=O)c1[nH]c2cc(C(C)(C)C)ccc2c1N. The molecule has 4 nitrogen and oxygen atoms in total. The van der Waals surface area contributed by atoms with E-state index in [-0.39, 0.29) is 5.41 Å². The van der Waals surface area contributed by atoms with Gasteiger partial charge in [-0.05, 0) is 17.0 Å². The first-order valence-electron chi connectivity index (χ1n) is 5.84. The van der Waals surface area contributed by atoms with Gasteiger partial charge in [0.2, 0.25) is 0 Å². The predicted octanol–water partition coefficient (Wildman–Crippen LogP) is 2.83. The highest BCUT2D eigenvalue weighted by atomic mass is 16.5. The Kier molecular flexibility index (Phi) is 2.81. The molecule has 0 saturated carbocycles. The fourth-order valence-electron chi connectivity index (χ4n) is 1.95. The molecule has 1 aromatic heterocycles. The summed E-state index contributed by atoms with van der Waals surface area (Å²) in [4.78, 5) is 14.6. The molecule has 0 amide bonds. The molecule has 4 heteroatoms. The molecular formula is C14H18N2O2. The smallest absolute Gasteiger partial charge is 0.356 e. The average molecular weight is 246 g/mol. The van der Waals surface area contributed by atoms with Crippen LogP contribution in [0.4, 0.5) is 5.69 Å². The summed E-state index contributed by atoms with van der Waals surface area (Å²) in [5, 5.41) is 0.850. The van der Waals surface area contributed by atoms with Crippen LogP contribution in [0.2, 0.25) is 0 Å². The van der Waals surface area contributed by atoms with Crippen LogP contribution in [0.25, 0.3) is 10.9 Å². The second kappa shape index (κ2) is 4.05. The molecular weight excluding hydrogens is 228 g/mol. The van der Waals surface area contributed by atoms with Gasteiger partial charge in [-0.25, -0.2) is 4.79 Å². The number of rotatable bonds is 1. The topological polar surface area (TPSA) is 68.1 Å². The number of hydrogen-bond donors (Lipinski definition) is 2. The number of benzene rings is 1. The molecule has 0 radical (unpaired) electrons. The van der Waals surface area contributed by atoms with Crippen molar-refractivity contribution in [2.45, 2.75) is 26.2 Å². The maximum atomic E-state index is 11.6. The molecule has 0 bridgehead atoms. The number of H-pyrrole nitrogens is 1. The first-order valence-corrected chi connectivity index (χ1v) is 5.84. The minimum absolute atomic E-state index is 0.0551. The number of esters is 1. The van der Waals surface area contributed by atoms with E-state index in [4.69, 9.17) is 10.5 Å². The Morgan fingerprint density at radius 1 is 1.33 bits per heavy atom. The molecule has 0 aliphatic carbocycles. The highest BCUT2D eigenvalue weighted by molar-refractivity contribution is 6.05. The lowest BCUT2D eigenvalue weighted by Gasteiger charge is -2.18. The van der Waals surface area contributed by atoms with Gasteiger partial charge in [-0.1, -0.05) is 32.9 Å². The third-order valence-electron chi connectivity index (χ3n) is 3.09. The van der Waals surface area contributed by atoms with E-state index in [1.54, 1.807) is 0 Å². The van der Waals surface area contributed by atoms with Crippen LogP contribution in [0.5, 0.6) is 0 Å². The lowest BCUT2D eigenvalue weighted by molar-refractivity contribution is 0.0596. The zero-order valence-electron chi connectivity index (χ0n) is 11.1.